The van der Waals surface area contributed by atoms with Crippen molar-refractivity contribution in [3.8, 4) is 0 Å². The first kappa shape index (κ1) is 31.2. The second kappa shape index (κ2) is 20.5. The summed E-state index contributed by atoms with van der Waals surface area (Å²) in [7, 11) is 0. The summed E-state index contributed by atoms with van der Waals surface area (Å²) in [6.07, 6.45) is 0.718. The molecule has 0 heterocycles. The average Bonchev–Trinajstić information content (AvgIpc) is 2.52. The number of amides is 1. The molecule has 0 saturated carbocycles. The van der Waals surface area contributed by atoms with Crippen molar-refractivity contribution in [2.75, 3.05) is 6.54 Å². The Bertz CT molecular complexity index is 409. The van der Waals surface area contributed by atoms with E-state index in [1.165, 1.54) is 6.92 Å². The van der Waals surface area contributed by atoms with Crippen LogP contribution >= 0.6 is 0 Å². The van der Waals surface area contributed by atoms with Crippen LogP contribution in [0.3, 0.4) is 0 Å². The van der Waals surface area contributed by atoms with E-state index in [2.05, 4.69) is 12.0 Å². The van der Waals surface area contributed by atoms with E-state index in [0.29, 0.717) is 6.54 Å². The standard InChI is InChI=1S/C7H14N2O3.C6H11NO3.CH3N.Mg/c1-2-9-6(10)4-3-5(8)7(11)12;1-4(8)2-3-5(7)6(9)10;1-2;/h5H,2-4,8H2,1H3,(H,9,10)(H,11,12);5H,2-3,7H2,1H3,(H,9,10);2H,1H2;/q;;;+2/p-1. The van der Waals surface area contributed by atoms with Crippen LogP contribution in [0.2, 0.25) is 0 Å². The number of aliphatic carboxylic acids is 2. The third-order valence-corrected chi connectivity index (χ3v) is 2.48. The Labute approximate surface area is 163 Å². The molecule has 0 aromatic heterocycles. The number of ketones is 1. The minimum absolute atomic E-state index is 0. The van der Waals surface area contributed by atoms with E-state index < -0.39 is 24.0 Å². The molecule has 140 valence electrons. The van der Waals surface area contributed by atoms with Crippen LogP contribution in [0, 0.1) is 5.41 Å². The molecular weight excluding hydrogens is 344 g/mol. The molecule has 2 unspecified atom stereocenters. The number of carbonyl (C=O) groups is 4. The number of hydrogen-bond donors (Lipinski definition) is 5. The molecule has 25 heavy (non-hydrogen) atoms. The smallest absolute Gasteiger partial charge is 0.548 e. The fraction of sp³-hybridized carbons (Fsp3) is 0.643. The quantitative estimate of drug-likeness (QED) is 0.218. The Morgan fingerprint density at radius 1 is 1.12 bits per heavy atom. The fourth-order valence-corrected chi connectivity index (χ4v) is 1.17. The molecule has 10 nitrogen and oxygen atoms in total. The molecular formula is C14H27MgN4O6+. The zero-order chi connectivity index (χ0) is 19.7. The molecule has 0 bridgehead atoms. The van der Waals surface area contributed by atoms with Crippen LogP contribution < -0.4 is 21.9 Å². The molecule has 0 aliphatic carbocycles. The third kappa shape index (κ3) is 24.8. The molecule has 7 N–H and O–H groups in total. The average molecular weight is 372 g/mol. The van der Waals surface area contributed by atoms with Crippen molar-refractivity contribution < 1.29 is 29.4 Å². The number of carboxylic acid groups (broad SMARTS) is 2. The molecule has 0 aromatic carbocycles. The van der Waals surface area contributed by atoms with E-state index in [1.54, 1.807) is 6.92 Å². The van der Waals surface area contributed by atoms with Gasteiger partial charge in [0.2, 0.25) is 5.91 Å². The summed E-state index contributed by atoms with van der Waals surface area (Å²) < 4.78 is 0. The van der Waals surface area contributed by atoms with Gasteiger partial charge in [-0.2, -0.15) is 0 Å². The van der Waals surface area contributed by atoms with Crippen molar-refractivity contribution in [2.45, 2.75) is 51.6 Å². The van der Waals surface area contributed by atoms with Gasteiger partial charge in [-0.05, 0) is 33.4 Å². The van der Waals surface area contributed by atoms with Crippen LogP contribution in [-0.4, -0.2) is 77.1 Å². The number of carbonyl (C=O) groups excluding carboxylic acids is 3. The largest absolute Gasteiger partial charge is 2.00 e. The van der Waals surface area contributed by atoms with E-state index in [9.17, 15) is 24.3 Å². The van der Waals surface area contributed by atoms with Crippen molar-refractivity contribution in [2.24, 2.45) is 11.5 Å². The predicted molar refractivity (Wildman–Crippen MR) is 92.0 cm³/mol. The number of carboxylic acids is 2. The Hall–Kier alpha value is -1.56. The van der Waals surface area contributed by atoms with E-state index in [0.717, 1.165) is 0 Å². The van der Waals surface area contributed by atoms with E-state index in [1.807, 2.05) is 0 Å². The molecule has 0 saturated heterocycles. The van der Waals surface area contributed by atoms with Gasteiger partial charge in [-0.1, -0.05) is 0 Å². The first-order valence-corrected chi connectivity index (χ1v) is 7.18. The first-order chi connectivity index (χ1) is 11.1. The molecule has 0 radical (unpaired) electrons. The topological polar surface area (TPSA) is 199 Å². The van der Waals surface area contributed by atoms with Crippen LogP contribution in [0.1, 0.15) is 39.5 Å². The van der Waals surface area contributed by atoms with Gasteiger partial charge >= 0.3 is 29.0 Å². The summed E-state index contributed by atoms with van der Waals surface area (Å²) in [5.41, 5.74) is 10.2. The summed E-state index contributed by atoms with van der Waals surface area (Å²) in [5, 5.41) is 26.4. The fourth-order valence-electron chi connectivity index (χ4n) is 1.17. The maximum Gasteiger partial charge on any atom is 2.00 e. The first-order valence-electron chi connectivity index (χ1n) is 7.18. The van der Waals surface area contributed by atoms with Crippen molar-refractivity contribution in [1.82, 2.24) is 5.32 Å². The summed E-state index contributed by atoms with van der Waals surface area (Å²) >= 11 is 0. The minimum Gasteiger partial charge on any atom is -0.548 e. The van der Waals surface area contributed by atoms with Crippen molar-refractivity contribution in [1.29, 1.82) is 5.41 Å². The van der Waals surface area contributed by atoms with E-state index >= 15 is 0 Å². The number of rotatable bonds is 9. The predicted octanol–water partition coefficient (Wildman–Crippen LogP) is -2.37. The van der Waals surface area contributed by atoms with Gasteiger partial charge in [0.15, 0.2) is 0 Å². The Morgan fingerprint density at radius 2 is 1.56 bits per heavy atom. The minimum atomic E-state index is -1.30. The van der Waals surface area contributed by atoms with Crippen LogP contribution in [0.15, 0.2) is 0 Å². The van der Waals surface area contributed by atoms with Crippen LogP contribution in [0.4, 0.5) is 0 Å². The van der Waals surface area contributed by atoms with Gasteiger partial charge in [0.05, 0.1) is 5.97 Å². The summed E-state index contributed by atoms with van der Waals surface area (Å²) in [4.78, 5) is 41.3. The van der Waals surface area contributed by atoms with Crippen LogP contribution in [-0.2, 0) is 19.2 Å². The number of nitrogens with one attached hydrogen (secondary N) is 2. The Balaban J connectivity index is -0.000000156. The molecule has 0 spiro atoms. The van der Waals surface area contributed by atoms with Crippen molar-refractivity contribution >= 4 is 53.4 Å². The molecule has 11 heteroatoms. The second-order valence-corrected chi connectivity index (χ2v) is 4.60. The SMILES string of the molecule is C=N.CC(=O)CCC(N)C(=O)[O-].CCNC(=O)CCC(N)C(=O)O.[Mg+2]. The number of Topliss-reactive ketones (excluding diaryl/α,β-unsaturated/α-hetero) is 1. The second-order valence-electron chi connectivity index (χ2n) is 4.60. The molecule has 0 aliphatic rings. The summed E-state index contributed by atoms with van der Waals surface area (Å²) in [6, 6.07) is -1.95. The van der Waals surface area contributed by atoms with Crippen LogP contribution in [0.5, 0.6) is 0 Å². The maximum absolute atomic E-state index is 10.8. The zero-order valence-electron chi connectivity index (χ0n) is 14.7. The number of hydrogen-bond acceptors (Lipinski definition) is 8. The third-order valence-electron chi connectivity index (χ3n) is 2.48. The van der Waals surface area contributed by atoms with Gasteiger partial charge in [-0.25, -0.2) is 0 Å². The Morgan fingerprint density at radius 3 is 1.88 bits per heavy atom. The molecule has 0 fully saturated rings. The van der Waals surface area contributed by atoms with Gasteiger partial charge in [0.25, 0.3) is 0 Å². The van der Waals surface area contributed by atoms with Crippen LogP contribution in [0.25, 0.3) is 0 Å². The van der Waals surface area contributed by atoms with Gasteiger partial charge in [-0.3, -0.25) is 9.59 Å². The number of nitrogens with two attached hydrogens (primary N) is 2. The monoisotopic (exact) mass is 371 g/mol. The molecule has 2 atom stereocenters. The molecule has 1 amide bonds. The normalized spacial score (nSPS) is 11.0. The van der Waals surface area contributed by atoms with Gasteiger partial charge < -0.3 is 42.0 Å². The molecule has 0 aliphatic heterocycles. The maximum atomic E-state index is 10.8. The van der Waals surface area contributed by atoms with Crippen molar-refractivity contribution in [3.63, 3.8) is 0 Å². The van der Waals surface area contributed by atoms with Gasteiger partial charge in [0.1, 0.15) is 11.8 Å². The van der Waals surface area contributed by atoms with E-state index in [4.69, 9.17) is 22.0 Å². The molecule has 0 rings (SSSR count). The Kier molecular flexibility index (Phi) is 25.6. The van der Waals surface area contributed by atoms with E-state index in [-0.39, 0.29) is 60.4 Å². The summed E-state index contributed by atoms with van der Waals surface area (Å²) in [6.45, 7) is 6.25. The van der Waals surface area contributed by atoms with Gasteiger partial charge in [0, 0.05) is 25.4 Å². The molecule has 0 aromatic rings. The van der Waals surface area contributed by atoms with Crippen molar-refractivity contribution in [3.05, 3.63) is 0 Å². The van der Waals surface area contributed by atoms with Gasteiger partial charge in [-0.15, -0.1) is 0 Å². The summed E-state index contributed by atoms with van der Waals surface area (Å²) in [5.74, 6) is -2.59. The zero-order valence-corrected chi connectivity index (χ0v) is 16.2.